The maximum Gasteiger partial charge on any atom is 0.245 e. The van der Waals surface area contributed by atoms with Crippen LogP contribution in [0.1, 0.15) is 18.4 Å². The van der Waals surface area contributed by atoms with Crippen molar-refractivity contribution in [2.24, 2.45) is 0 Å². The van der Waals surface area contributed by atoms with Crippen LogP contribution < -0.4 is 0 Å². The van der Waals surface area contributed by atoms with Crippen molar-refractivity contribution in [3.8, 4) is 0 Å². The van der Waals surface area contributed by atoms with E-state index in [1.807, 2.05) is 30.3 Å². The number of amides is 1. The lowest BCUT2D eigenvalue weighted by Crippen LogP contribution is -2.26. The summed E-state index contributed by atoms with van der Waals surface area (Å²) in [6.07, 6.45) is 0.816. The van der Waals surface area contributed by atoms with E-state index < -0.39 is 6.10 Å². The Morgan fingerprint density at radius 3 is 2.65 bits per heavy atom. The molecule has 0 radical (unpaired) electrons. The Morgan fingerprint density at radius 2 is 2.06 bits per heavy atom. The van der Waals surface area contributed by atoms with Crippen molar-refractivity contribution in [2.75, 3.05) is 14.2 Å². The summed E-state index contributed by atoms with van der Waals surface area (Å²) in [5.74, 6) is -0.125. The van der Waals surface area contributed by atoms with Gasteiger partial charge in [-0.05, 0) is 18.4 Å². The van der Waals surface area contributed by atoms with Crippen molar-refractivity contribution in [2.45, 2.75) is 25.4 Å². The minimum atomic E-state index is -0.494. The van der Waals surface area contributed by atoms with E-state index in [9.17, 15) is 9.90 Å². The number of nitrogens with zero attached hydrogens (tertiary/aromatic N) is 1. The highest BCUT2D eigenvalue weighted by molar-refractivity contribution is 5.74. The van der Waals surface area contributed by atoms with Gasteiger partial charge in [0.2, 0.25) is 5.91 Å². The molecule has 1 N–H and O–H groups in total. The Morgan fingerprint density at radius 1 is 1.41 bits per heavy atom. The van der Waals surface area contributed by atoms with Crippen LogP contribution in [0.2, 0.25) is 0 Å². The van der Waals surface area contributed by atoms with E-state index in [0.717, 1.165) is 5.56 Å². The van der Waals surface area contributed by atoms with Gasteiger partial charge in [0.25, 0.3) is 0 Å². The first-order valence-electron chi connectivity index (χ1n) is 5.66. The van der Waals surface area contributed by atoms with Crippen molar-refractivity contribution in [3.05, 3.63) is 35.9 Å². The van der Waals surface area contributed by atoms with E-state index >= 15 is 0 Å². The minimum Gasteiger partial charge on any atom is -0.393 e. The van der Waals surface area contributed by atoms with Gasteiger partial charge in [0.05, 0.1) is 13.2 Å². The summed E-state index contributed by atoms with van der Waals surface area (Å²) < 4.78 is 0. The summed E-state index contributed by atoms with van der Waals surface area (Å²) in [6.45, 7) is 0. The van der Waals surface area contributed by atoms with Crippen LogP contribution in [-0.4, -0.2) is 36.3 Å². The van der Waals surface area contributed by atoms with Crippen molar-refractivity contribution < 1.29 is 14.7 Å². The van der Waals surface area contributed by atoms with E-state index in [2.05, 4.69) is 0 Å². The maximum atomic E-state index is 11.4. The summed E-state index contributed by atoms with van der Waals surface area (Å²) in [5, 5.41) is 11.0. The third kappa shape index (κ3) is 4.97. The Hall–Kier alpha value is -1.39. The first-order chi connectivity index (χ1) is 8.13. The van der Waals surface area contributed by atoms with Crippen LogP contribution in [0.25, 0.3) is 0 Å². The molecule has 4 heteroatoms. The molecule has 4 nitrogen and oxygen atoms in total. The van der Waals surface area contributed by atoms with Gasteiger partial charge in [-0.1, -0.05) is 30.3 Å². The van der Waals surface area contributed by atoms with Gasteiger partial charge in [-0.3, -0.25) is 9.63 Å². The molecule has 1 unspecified atom stereocenters. The molecular formula is C13H19NO3. The van der Waals surface area contributed by atoms with Gasteiger partial charge in [-0.15, -0.1) is 0 Å². The highest BCUT2D eigenvalue weighted by atomic mass is 16.7. The molecule has 1 amide bonds. The van der Waals surface area contributed by atoms with Crippen LogP contribution >= 0.6 is 0 Å². The van der Waals surface area contributed by atoms with Gasteiger partial charge in [0, 0.05) is 13.5 Å². The van der Waals surface area contributed by atoms with Crippen molar-refractivity contribution in [1.29, 1.82) is 0 Å². The van der Waals surface area contributed by atoms with Gasteiger partial charge >= 0.3 is 0 Å². The van der Waals surface area contributed by atoms with Gasteiger partial charge in [-0.25, -0.2) is 5.06 Å². The standard InChI is InChI=1S/C13H19NO3/c1-14(17-2)13(16)9-8-12(15)10-11-6-4-3-5-7-11/h3-7,12,15H,8-10H2,1-2H3. The largest absolute Gasteiger partial charge is 0.393 e. The fourth-order valence-electron chi connectivity index (χ4n) is 1.54. The Kier molecular flexibility index (Phi) is 5.66. The third-order valence-electron chi connectivity index (χ3n) is 2.63. The molecule has 1 aromatic carbocycles. The highest BCUT2D eigenvalue weighted by Gasteiger charge is 2.12. The number of hydrogen-bond acceptors (Lipinski definition) is 3. The molecule has 0 aliphatic carbocycles. The average Bonchev–Trinajstić information content (AvgIpc) is 2.36. The lowest BCUT2D eigenvalue weighted by Gasteiger charge is -2.15. The van der Waals surface area contributed by atoms with Crippen LogP contribution in [-0.2, 0) is 16.1 Å². The SMILES string of the molecule is CON(C)C(=O)CCC(O)Cc1ccccc1. The van der Waals surface area contributed by atoms with E-state index in [4.69, 9.17) is 4.84 Å². The first-order valence-corrected chi connectivity index (χ1v) is 5.66. The molecule has 0 aliphatic rings. The highest BCUT2D eigenvalue weighted by Crippen LogP contribution is 2.08. The third-order valence-corrected chi connectivity index (χ3v) is 2.63. The summed E-state index contributed by atoms with van der Waals surface area (Å²) in [7, 11) is 3.00. The second-order valence-electron chi connectivity index (χ2n) is 3.96. The fourth-order valence-corrected chi connectivity index (χ4v) is 1.54. The number of aliphatic hydroxyl groups excluding tert-OH is 1. The van der Waals surface area contributed by atoms with Crippen LogP contribution in [0.5, 0.6) is 0 Å². The number of carbonyl (C=O) groups excluding carboxylic acids is 1. The molecule has 17 heavy (non-hydrogen) atoms. The number of benzene rings is 1. The second-order valence-corrected chi connectivity index (χ2v) is 3.96. The minimum absolute atomic E-state index is 0.125. The Bertz CT molecular complexity index is 340. The molecular weight excluding hydrogens is 218 g/mol. The van der Waals surface area contributed by atoms with E-state index in [0.29, 0.717) is 19.3 Å². The molecule has 94 valence electrons. The molecule has 0 bridgehead atoms. The molecule has 1 rings (SSSR count). The monoisotopic (exact) mass is 237 g/mol. The van der Waals surface area contributed by atoms with Crippen LogP contribution in [0, 0.1) is 0 Å². The zero-order valence-corrected chi connectivity index (χ0v) is 10.3. The normalized spacial score (nSPS) is 12.2. The lowest BCUT2D eigenvalue weighted by atomic mass is 10.0. The summed E-state index contributed by atoms with van der Waals surface area (Å²) >= 11 is 0. The summed E-state index contributed by atoms with van der Waals surface area (Å²) in [6, 6.07) is 9.74. The fraction of sp³-hybridized carbons (Fsp3) is 0.462. The van der Waals surface area contributed by atoms with Gasteiger partial charge < -0.3 is 5.11 Å². The van der Waals surface area contributed by atoms with Gasteiger partial charge in [0.1, 0.15) is 0 Å². The number of hydrogen-bond donors (Lipinski definition) is 1. The van der Waals surface area contributed by atoms with Crippen molar-refractivity contribution in [1.82, 2.24) is 5.06 Å². The number of hydroxylamine groups is 2. The molecule has 0 aromatic heterocycles. The van der Waals surface area contributed by atoms with E-state index in [-0.39, 0.29) is 5.91 Å². The molecule has 0 aliphatic heterocycles. The molecule has 1 aromatic rings. The van der Waals surface area contributed by atoms with Gasteiger partial charge in [-0.2, -0.15) is 0 Å². The zero-order chi connectivity index (χ0) is 12.7. The number of aliphatic hydroxyl groups is 1. The Balaban J connectivity index is 2.31. The van der Waals surface area contributed by atoms with E-state index in [1.54, 1.807) is 7.05 Å². The Labute approximate surface area is 102 Å². The predicted octanol–water partition coefficient (Wildman–Crippen LogP) is 1.39. The second kappa shape index (κ2) is 7.04. The smallest absolute Gasteiger partial charge is 0.245 e. The van der Waals surface area contributed by atoms with Crippen LogP contribution in [0.15, 0.2) is 30.3 Å². The predicted molar refractivity (Wildman–Crippen MR) is 65.2 cm³/mol. The molecule has 1 atom stereocenters. The first kappa shape index (κ1) is 13.7. The topological polar surface area (TPSA) is 49.8 Å². The zero-order valence-electron chi connectivity index (χ0n) is 10.3. The van der Waals surface area contributed by atoms with Gasteiger partial charge in [0.15, 0.2) is 0 Å². The maximum absolute atomic E-state index is 11.4. The lowest BCUT2D eigenvalue weighted by molar-refractivity contribution is -0.169. The number of rotatable bonds is 6. The van der Waals surface area contributed by atoms with E-state index in [1.165, 1.54) is 12.2 Å². The van der Waals surface area contributed by atoms with Crippen molar-refractivity contribution >= 4 is 5.91 Å². The molecule has 0 spiro atoms. The molecule has 0 fully saturated rings. The molecule has 0 heterocycles. The quantitative estimate of drug-likeness (QED) is 0.761. The summed E-state index contributed by atoms with van der Waals surface area (Å²) in [4.78, 5) is 16.2. The van der Waals surface area contributed by atoms with Crippen molar-refractivity contribution in [3.63, 3.8) is 0 Å². The molecule has 0 saturated heterocycles. The van der Waals surface area contributed by atoms with Crippen LogP contribution in [0.3, 0.4) is 0 Å². The average molecular weight is 237 g/mol. The molecule has 0 saturated carbocycles. The number of carbonyl (C=O) groups is 1. The van der Waals surface area contributed by atoms with Crippen LogP contribution in [0.4, 0.5) is 0 Å². The summed E-state index contributed by atoms with van der Waals surface area (Å²) in [5.41, 5.74) is 1.08.